The molecule has 0 saturated carbocycles. The van der Waals surface area contributed by atoms with E-state index >= 15 is 0 Å². The maximum atomic E-state index is 14.0. The molecule has 0 unspecified atom stereocenters. The Balaban J connectivity index is 1.59. The normalized spacial score (nSPS) is 14.7. The van der Waals surface area contributed by atoms with Crippen LogP contribution in [-0.4, -0.2) is 36.9 Å². The molecule has 2 aromatic rings. The summed E-state index contributed by atoms with van der Waals surface area (Å²) >= 11 is 3.18. The van der Waals surface area contributed by atoms with Crippen LogP contribution in [0.5, 0.6) is 5.75 Å². The lowest BCUT2D eigenvalue weighted by atomic mass is 9.95. The van der Waals surface area contributed by atoms with Crippen molar-refractivity contribution in [2.75, 3.05) is 25.5 Å². The molecular weight excluding hydrogens is 415 g/mol. The van der Waals surface area contributed by atoms with Crippen molar-refractivity contribution in [1.82, 2.24) is 4.90 Å². The van der Waals surface area contributed by atoms with Crippen molar-refractivity contribution in [1.29, 1.82) is 0 Å². The van der Waals surface area contributed by atoms with E-state index < -0.39 is 5.82 Å². The van der Waals surface area contributed by atoms with Crippen LogP contribution in [0, 0.1) is 11.7 Å². The number of benzene rings is 2. The minimum absolute atomic E-state index is 0.0510. The van der Waals surface area contributed by atoms with Crippen molar-refractivity contribution in [2.45, 2.75) is 12.8 Å². The lowest BCUT2D eigenvalue weighted by Gasteiger charge is -2.31. The van der Waals surface area contributed by atoms with Crippen LogP contribution in [0.1, 0.15) is 23.2 Å². The van der Waals surface area contributed by atoms with Gasteiger partial charge < -0.3 is 15.0 Å². The van der Waals surface area contributed by atoms with Crippen molar-refractivity contribution in [3.05, 3.63) is 58.3 Å². The third-order valence-corrected chi connectivity index (χ3v) is 5.17. The lowest BCUT2D eigenvalue weighted by molar-refractivity contribution is -0.121. The van der Waals surface area contributed by atoms with E-state index in [9.17, 15) is 14.0 Å². The van der Waals surface area contributed by atoms with Crippen LogP contribution in [0.3, 0.4) is 0 Å². The van der Waals surface area contributed by atoms with Crippen LogP contribution < -0.4 is 10.1 Å². The van der Waals surface area contributed by atoms with Gasteiger partial charge in [-0.1, -0.05) is 28.1 Å². The summed E-state index contributed by atoms with van der Waals surface area (Å²) in [6.07, 6.45) is 1.07. The second-order valence-electron chi connectivity index (χ2n) is 6.38. The van der Waals surface area contributed by atoms with Crippen molar-refractivity contribution in [2.24, 2.45) is 5.92 Å². The Bertz CT molecular complexity index is 851. The van der Waals surface area contributed by atoms with Gasteiger partial charge in [0.05, 0.1) is 18.4 Å². The largest absolute Gasteiger partial charge is 0.495 e. The zero-order valence-electron chi connectivity index (χ0n) is 14.9. The van der Waals surface area contributed by atoms with E-state index in [-0.39, 0.29) is 23.3 Å². The third-order valence-electron chi connectivity index (χ3n) is 4.68. The smallest absolute Gasteiger partial charge is 0.256 e. The van der Waals surface area contributed by atoms with Gasteiger partial charge in [0.15, 0.2) is 0 Å². The average molecular weight is 435 g/mol. The second-order valence-corrected chi connectivity index (χ2v) is 7.30. The summed E-state index contributed by atoms with van der Waals surface area (Å²) in [4.78, 5) is 26.7. The summed E-state index contributed by atoms with van der Waals surface area (Å²) < 4.78 is 19.9. The molecule has 7 heteroatoms. The number of para-hydroxylation sites is 2. The van der Waals surface area contributed by atoms with Crippen molar-refractivity contribution < 1.29 is 18.7 Å². The molecule has 142 valence electrons. The Hall–Kier alpha value is -2.41. The molecule has 0 aromatic heterocycles. The van der Waals surface area contributed by atoms with Gasteiger partial charge in [0.25, 0.3) is 5.91 Å². The SMILES string of the molecule is COc1ccccc1NC(=O)C1CCN(C(=O)c2ccc(Br)cc2F)CC1. The minimum Gasteiger partial charge on any atom is -0.495 e. The standard InChI is InChI=1S/C20H20BrFN2O3/c1-27-18-5-3-2-4-17(18)23-19(25)13-8-10-24(11-9-13)20(26)15-7-6-14(21)12-16(15)22/h2-7,12-13H,8-11H2,1H3,(H,23,25). The van der Waals surface area contributed by atoms with Crippen LogP contribution >= 0.6 is 15.9 Å². The molecule has 1 heterocycles. The number of piperidine rings is 1. The summed E-state index contributed by atoms with van der Waals surface area (Å²) in [5.41, 5.74) is 0.676. The van der Waals surface area contributed by atoms with E-state index in [0.717, 1.165) is 0 Å². The third kappa shape index (κ3) is 4.47. The highest BCUT2D eigenvalue weighted by Gasteiger charge is 2.29. The minimum atomic E-state index is -0.551. The van der Waals surface area contributed by atoms with Gasteiger partial charge in [0.2, 0.25) is 5.91 Å². The Morgan fingerprint density at radius 3 is 2.56 bits per heavy atom. The number of likely N-dealkylation sites (tertiary alicyclic amines) is 1. The van der Waals surface area contributed by atoms with Crippen molar-refractivity contribution in [3.8, 4) is 5.75 Å². The fourth-order valence-corrected chi connectivity index (χ4v) is 3.49. The first kappa shape index (κ1) is 19.4. The molecule has 0 atom stereocenters. The highest BCUT2D eigenvalue weighted by Crippen LogP contribution is 2.26. The molecule has 1 fully saturated rings. The Morgan fingerprint density at radius 1 is 1.19 bits per heavy atom. The topological polar surface area (TPSA) is 58.6 Å². The predicted molar refractivity (Wildman–Crippen MR) is 104 cm³/mol. The molecule has 2 amide bonds. The number of rotatable bonds is 4. The van der Waals surface area contributed by atoms with Gasteiger partial charge in [-0.15, -0.1) is 0 Å². The molecule has 3 rings (SSSR count). The zero-order chi connectivity index (χ0) is 19.4. The predicted octanol–water partition coefficient (Wildman–Crippen LogP) is 4.09. The Kier molecular flexibility index (Phi) is 6.11. The molecule has 2 aromatic carbocycles. The summed E-state index contributed by atoms with van der Waals surface area (Å²) in [5.74, 6) is -0.590. The number of ether oxygens (including phenoxy) is 1. The number of nitrogens with zero attached hydrogens (tertiary/aromatic N) is 1. The van der Waals surface area contributed by atoms with Gasteiger partial charge in [-0.2, -0.15) is 0 Å². The number of amides is 2. The molecule has 5 nitrogen and oxygen atoms in total. The van der Waals surface area contributed by atoms with E-state index in [1.54, 1.807) is 30.2 Å². The summed E-state index contributed by atoms with van der Waals surface area (Å²) in [5, 5.41) is 2.89. The maximum absolute atomic E-state index is 14.0. The number of anilines is 1. The number of carbonyl (C=O) groups excluding carboxylic acids is 2. The van der Waals surface area contributed by atoms with Crippen molar-refractivity contribution in [3.63, 3.8) is 0 Å². The Labute approximate surface area is 165 Å². The summed E-state index contributed by atoms with van der Waals surface area (Å²) in [6, 6.07) is 11.6. The van der Waals surface area contributed by atoms with Crippen LogP contribution in [-0.2, 0) is 4.79 Å². The fraction of sp³-hybridized carbons (Fsp3) is 0.300. The van der Waals surface area contributed by atoms with E-state index in [2.05, 4.69) is 21.2 Å². The molecule has 1 aliphatic heterocycles. The maximum Gasteiger partial charge on any atom is 0.256 e. The summed E-state index contributed by atoms with van der Waals surface area (Å²) in [7, 11) is 1.55. The number of halogens is 2. The van der Waals surface area contributed by atoms with Gasteiger partial charge in [0, 0.05) is 23.5 Å². The van der Waals surface area contributed by atoms with Crippen molar-refractivity contribution >= 4 is 33.4 Å². The van der Waals surface area contributed by atoms with Crippen LogP contribution in [0.2, 0.25) is 0 Å². The van der Waals surface area contributed by atoms with E-state index in [0.29, 0.717) is 41.8 Å². The molecule has 1 saturated heterocycles. The first-order valence-corrected chi connectivity index (χ1v) is 9.47. The highest BCUT2D eigenvalue weighted by atomic mass is 79.9. The van der Waals surface area contributed by atoms with E-state index in [1.165, 1.54) is 12.1 Å². The first-order valence-electron chi connectivity index (χ1n) is 8.68. The molecule has 0 aliphatic carbocycles. The number of hydrogen-bond acceptors (Lipinski definition) is 3. The van der Waals surface area contributed by atoms with Gasteiger partial charge >= 0.3 is 0 Å². The van der Waals surface area contributed by atoms with Gasteiger partial charge in [-0.05, 0) is 43.2 Å². The zero-order valence-corrected chi connectivity index (χ0v) is 16.5. The Morgan fingerprint density at radius 2 is 1.89 bits per heavy atom. The number of hydrogen-bond donors (Lipinski definition) is 1. The van der Waals surface area contributed by atoms with Crippen LogP contribution in [0.15, 0.2) is 46.9 Å². The monoisotopic (exact) mass is 434 g/mol. The molecule has 1 N–H and O–H groups in total. The quantitative estimate of drug-likeness (QED) is 0.788. The second kappa shape index (κ2) is 8.52. The van der Waals surface area contributed by atoms with E-state index in [1.807, 2.05) is 12.1 Å². The lowest BCUT2D eigenvalue weighted by Crippen LogP contribution is -2.41. The molecule has 27 heavy (non-hydrogen) atoms. The number of nitrogens with one attached hydrogen (secondary N) is 1. The number of methoxy groups -OCH3 is 1. The van der Waals surface area contributed by atoms with Crippen LogP contribution in [0.25, 0.3) is 0 Å². The average Bonchev–Trinajstić information content (AvgIpc) is 2.68. The van der Waals surface area contributed by atoms with Crippen LogP contribution in [0.4, 0.5) is 10.1 Å². The fourth-order valence-electron chi connectivity index (χ4n) is 3.16. The molecule has 0 bridgehead atoms. The highest BCUT2D eigenvalue weighted by molar-refractivity contribution is 9.10. The molecule has 0 spiro atoms. The van der Waals surface area contributed by atoms with Gasteiger partial charge in [-0.25, -0.2) is 4.39 Å². The first-order chi connectivity index (χ1) is 13.0. The number of carbonyl (C=O) groups is 2. The molecule has 0 radical (unpaired) electrons. The van der Waals surface area contributed by atoms with Gasteiger partial charge in [0.1, 0.15) is 11.6 Å². The summed E-state index contributed by atoms with van der Waals surface area (Å²) in [6.45, 7) is 0.830. The van der Waals surface area contributed by atoms with E-state index in [4.69, 9.17) is 4.74 Å². The van der Waals surface area contributed by atoms with Gasteiger partial charge in [-0.3, -0.25) is 9.59 Å². The molecular formula is C20H20BrFN2O3. The molecule has 1 aliphatic rings.